The van der Waals surface area contributed by atoms with Gasteiger partial charge in [0.15, 0.2) is 0 Å². The van der Waals surface area contributed by atoms with Gasteiger partial charge in [0, 0.05) is 30.8 Å². The highest BCUT2D eigenvalue weighted by atomic mass is 16.6. The molecule has 2 aliphatic heterocycles. The van der Waals surface area contributed by atoms with E-state index in [1.54, 1.807) is 12.1 Å². The van der Waals surface area contributed by atoms with E-state index >= 15 is 0 Å². The molecule has 5 atom stereocenters. The molecule has 4 aliphatic rings. The highest BCUT2D eigenvalue weighted by Crippen LogP contribution is 2.50. The molecule has 0 spiro atoms. The number of fused-ring (bicyclic) bond motifs is 3. The van der Waals surface area contributed by atoms with Crippen molar-refractivity contribution >= 4 is 5.69 Å². The minimum Gasteiger partial charge on any atom is -0.460 e. The molecule has 1 aromatic rings. The molecule has 0 amide bonds. The summed E-state index contributed by atoms with van der Waals surface area (Å²) < 4.78 is 11.7. The van der Waals surface area contributed by atoms with Crippen molar-refractivity contribution in [3.63, 3.8) is 0 Å². The van der Waals surface area contributed by atoms with Crippen LogP contribution in [0.3, 0.4) is 0 Å². The van der Waals surface area contributed by atoms with Crippen LogP contribution in [0, 0.1) is 27.9 Å². The SMILES string of the molecule is CC(O)(/C=C1/Oc2ccc([N+](=O)[O-])cc2C1N1CCOCC1)C1CC2C=CC1C2. The molecule has 5 rings (SSSR count). The zero-order valence-corrected chi connectivity index (χ0v) is 16.5. The number of rotatable bonds is 4. The number of hydrogen-bond acceptors (Lipinski definition) is 6. The fourth-order valence-corrected chi connectivity index (χ4v) is 5.46. The fraction of sp³-hybridized carbons (Fsp3) is 0.545. The van der Waals surface area contributed by atoms with Gasteiger partial charge in [-0.3, -0.25) is 15.0 Å². The molecule has 1 saturated heterocycles. The topological polar surface area (TPSA) is 85.1 Å². The van der Waals surface area contributed by atoms with E-state index < -0.39 is 5.60 Å². The van der Waals surface area contributed by atoms with Crippen LogP contribution in [0.4, 0.5) is 5.69 Å². The molecular formula is C22H26N2O5. The van der Waals surface area contributed by atoms with Crippen LogP contribution in [0.1, 0.15) is 31.4 Å². The molecule has 1 saturated carbocycles. The molecule has 5 unspecified atom stereocenters. The number of nitro groups is 1. The number of benzene rings is 1. The maximum atomic E-state index is 11.4. The first-order chi connectivity index (χ1) is 13.9. The molecule has 2 fully saturated rings. The van der Waals surface area contributed by atoms with Gasteiger partial charge < -0.3 is 14.6 Å². The molecule has 7 nitrogen and oxygen atoms in total. The Labute approximate surface area is 169 Å². The Morgan fingerprint density at radius 3 is 2.72 bits per heavy atom. The quantitative estimate of drug-likeness (QED) is 0.476. The van der Waals surface area contributed by atoms with Crippen LogP contribution in [0.15, 0.2) is 42.2 Å². The Morgan fingerprint density at radius 1 is 1.28 bits per heavy atom. The summed E-state index contributed by atoms with van der Waals surface area (Å²) in [4.78, 5) is 13.2. The van der Waals surface area contributed by atoms with Crippen LogP contribution < -0.4 is 4.74 Å². The maximum Gasteiger partial charge on any atom is 0.270 e. The summed E-state index contributed by atoms with van der Waals surface area (Å²) in [5, 5.41) is 22.7. The number of morpholine rings is 1. The summed E-state index contributed by atoms with van der Waals surface area (Å²) in [6.07, 6.45) is 8.46. The van der Waals surface area contributed by atoms with E-state index in [4.69, 9.17) is 9.47 Å². The normalized spacial score (nSPS) is 34.2. The largest absolute Gasteiger partial charge is 0.460 e. The lowest BCUT2D eigenvalue weighted by Gasteiger charge is -2.35. The molecule has 154 valence electrons. The molecule has 2 heterocycles. The van der Waals surface area contributed by atoms with Gasteiger partial charge in [0.1, 0.15) is 11.5 Å². The van der Waals surface area contributed by atoms with Crippen molar-refractivity contribution in [2.45, 2.75) is 31.4 Å². The van der Waals surface area contributed by atoms with Crippen LogP contribution in [0.25, 0.3) is 0 Å². The van der Waals surface area contributed by atoms with Crippen molar-refractivity contribution in [2.75, 3.05) is 26.3 Å². The Hall–Kier alpha value is -2.22. The first-order valence-electron chi connectivity index (χ1n) is 10.3. The molecule has 1 aromatic carbocycles. The van der Waals surface area contributed by atoms with Crippen LogP contribution in [0.5, 0.6) is 5.75 Å². The van der Waals surface area contributed by atoms with E-state index in [0.29, 0.717) is 49.6 Å². The van der Waals surface area contributed by atoms with Gasteiger partial charge in [-0.15, -0.1) is 0 Å². The first kappa shape index (κ1) is 18.8. The van der Waals surface area contributed by atoms with Gasteiger partial charge in [-0.05, 0) is 49.7 Å². The zero-order chi connectivity index (χ0) is 20.2. The second kappa shape index (κ2) is 6.93. The lowest BCUT2D eigenvalue weighted by Crippen LogP contribution is -2.40. The summed E-state index contributed by atoms with van der Waals surface area (Å²) in [5.74, 6) is 2.42. The van der Waals surface area contributed by atoms with Gasteiger partial charge in [-0.1, -0.05) is 12.2 Å². The maximum absolute atomic E-state index is 11.4. The lowest BCUT2D eigenvalue weighted by molar-refractivity contribution is -0.384. The Balaban J connectivity index is 1.51. The van der Waals surface area contributed by atoms with Crippen LogP contribution >= 0.6 is 0 Å². The second-order valence-corrected chi connectivity index (χ2v) is 8.79. The highest BCUT2D eigenvalue weighted by Gasteiger charge is 2.46. The lowest BCUT2D eigenvalue weighted by atomic mass is 9.79. The predicted octanol–water partition coefficient (Wildman–Crippen LogP) is 3.21. The summed E-state index contributed by atoms with van der Waals surface area (Å²) in [6.45, 7) is 4.52. The summed E-state index contributed by atoms with van der Waals surface area (Å²) >= 11 is 0. The van der Waals surface area contributed by atoms with E-state index in [0.717, 1.165) is 18.4 Å². The van der Waals surface area contributed by atoms with Crippen LogP contribution in [-0.2, 0) is 4.74 Å². The Kier molecular flexibility index (Phi) is 4.49. The van der Waals surface area contributed by atoms with Gasteiger partial charge >= 0.3 is 0 Å². The van der Waals surface area contributed by atoms with Crippen LogP contribution in [0.2, 0.25) is 0 Å². The number of nitro benzene ring substituents is 1. The number of ether oxygens (including phenoxy) is 2. The van der Waals surface area contributed by atoms with Crippen molar-refractivity contribution in [3.05, 3.63) is 57.9 Å². The molecule has 7 heteroatoms. The van der Waals surface area contributed by atoms with Crippen molar-refractivity contribution in [1.82, 2.24) is 4.90 Å². The number of hydrogen-bond donors (Lipinski definition) is 1. The summed E-state index contributed by atoms with van der Waals surface area (Å²) in [7, 11) is 0. The number of nitrogens with zero attached hydrogens (tertiary/aromatic N) is 2. The van der Waals surface area contributed by atoms with Crippen molar-refractivity contribution in [2.24, 2.45) is 17.8 Å². The summed E-state index contributed by atoms with van der Waals surface area (Å²) in [6, 6.07) is 4.49. The monoisotopic (exact) mass is 398 g/mol. The fourth-order valence-electron chi connectivity index (χ4n) is 5.46. The molecule has 0 radical (unpaired) electrons. The number of aliphatic hydroxyl groups is 1. The number of allylic oxidation sites excluding steroid dienone is 2. The highest BCUT2D eigenvalue weighted by molar-refractivity contribution is 5.52. The molecule has 0 aromatic heterocycles. The molecule has 2 bridgehead atoms. The second-order valence-electron chi connectivity index (χ2n) is 8.79. The van der Waals surface area contributed by atoms with Gasteiger partial charge in [0.2, 0.25) is 0 Å². The first-order valence-corrected chi connectivity index (χ1v) is 10.3. The van der Waals surface area contributed by atoms with E-state index in [1.807, 2.05) is 13.0 Å². The standard InChI is InChI=1S/C22H26N2O5/c1-22(25,18-11-14-2-3-15(18)10-14)13-20-21(23-6-8-28-9-7-23)17-12-16(24(26)27)4-5-19(17)29-20/h2-5,12-15,18,21,25H,6-11H2,1H3/b20-13+. The smallest absolute Gasteiger partial charge is 0.270 e. The van der Waals surface area contributed by atoms with Gasteiger partial charge in [-0.2, -0.15) is 0 Å². The third-order valence-corrected chi connectivity index (χ3v) is 6.87. The molecule has 2 aliphatic carbocycles. The van der Waals surface area contributed by atoms with Crippen molar-refractivity contribution in [1.29, 1.82) is 0 Å². The van der Waals surface area contributed by atoms with E-state index in [2.05, 4.69) is 17.1 Å². The molecular weight excluding hydrogens is 372 g/mol. The Bertz CT molecular complexity index is 887. The Morgan fingerprint density at radius 2 is 2.07 bits per heavy atom. The van der Waals surface area contributed by atoms with Gasteiger partial charge in [0.05, 0.1) is 29.8 Å². The average Bonchev–Trinajstić information content (AvgIpc) is 3.41. The van der Waals surface area contributed by atoms with Crippen molar-refractivity contribution < 1.29 is 19.5 Å². The van der Waals surface area contributed by atoms with Gasteiger partial charge in [0.25, 0.3) is 5.69 Å². The predicted molar refractivity (Wildman–Crippen MR) is 106 cm³/mol. The zero-order valence-electron chi connectivity index (χ0n) is 16.5. The number of non-ortho nitro benzene ring substituents is 1. The van der Waals surface area contributed by atoms with Gasteiger partial charge in [-0.25, -0.2) is 0 Å². The molecule has 1 N–H and O–H groups in total. The van der Waals surface area contributed by atoms with E-state index in [-0.39, 0.29) is 22.6 Å². The van der Waals surface area contributed by atoms with Crippen LogP contribution in [-0.4, -0.2) is 46.8 Å². The van der Waals surface area contributed by atoms with Crippen molar-refractivity contribution in [3.8, 4) is 5.75 Å². The minimum absolute atomic E-state index is 0.0526. The van der Waals surface area contributed by atoms with E-state index in [9.17, 15) is 15.2 Å². The third kappa shape index (κ3) is 3.27. The average molecular weight is 398 g/mol. The third-order valence-electron chi connectivity index (χ3n) is 6.87. The summed E-state index contributed by atoms with van der Waals surface area (Å²) in [5.41, 5.74) is -0.161. The minimum atomic E-state index is -1.00. The van der Waals surface area contributed by atoms with E-state index in [1.165, 1.54) is 6.07 Å². The molecule has 29 heavy (non-hydrogen) atoms.